The van der Waals surface area contributed by atoms with Crippen LogP contribution in [-0.2, 0) is 6.54 Å². The van der Waals surface area contributed by atoms with E-state index in [1.54, 1.807) is 18.4 Å². The fourth-order valence-corrected chi connectivity index (χ4v) is 1.69. The number of benzene rings is 1. The zero-order valence-electron chi connectivity index (χ0n) is 10.4. The monoisotopic (exact) mass is 262 g/mol. The number of furan rings is 1. The van der Waals surface area contributed by atoms with Gasteiger partial charge in [-0.3, -0.25) is 10.1 Å². The summed E-state index contributed by atoms with van der Waals surface area (Å²) in [7, 11) is 0. The van der Waals surface area contributed by atoms with Crippen molar-refractivity contribution in [2.45, 2.75) is 6.54 Å². The summed E-state index contributed by atoms with van der Waals surface area (Å²) in [6.07, 6.45) is 1.66. The molecule has 19 heavy (non-hydrogen) atoms. The topological polar surface area (TPSA) is 84.9 Å². The van der Waals surface area contributed by atoms with Crippen LogP contribution in [0.25, 0.3) is 0 Å². The third-order valence-corrected chi connectivity index (χ3v) is 2.68. The van der Waals surface area contributed by atoms with Crippen LogP contribution in [0.1, 0.15) is 5.76 Å². The number of nitro benzene ring substituents is 1. The lowest BCUT2D eigenvalue weighted by Crippen LogP contribution is -2.83. The molecule has 3 N–H and O–H groups in total. The maximum Gasteiger partial charge on any atom is 0.269 e. The van der Waals surface area contributed by atoms with Crippen molar-refractivity contribution >= 4 is 11.4 Å². The number of nitrogens with zero attached hydrogens (tertiary/aromatic N) is 1. The van der Waals surface area contributed by atoms with Gasteiger partial charge in [0.05, 0.1) is 24.3 Å². The largest absolute Gasteiger partial charge is 0.463 e. The Morgan fingerprint density at radius 3 is 2.68 bits per heavy atom. The van der Waals surface area contributed by atoms with E-state index in [4.69, 9.17) is 4.42 Å². The Bertz CT molecular complexity index is 508. The Kier molecular flexibility index (Phi) is 4.52. The van der Waals surface area contributed by atoms with Gasteiger partial charge in [0.1, 0.15) is 6.54 Å². The highest BCUT2D eigenvalue weighted by Gasteiger charge is 2.03. The van der Waals surface area contributed by atoms with E-state index in [0.29, 0.717) is 0 Å². The highest BCUT2D eigenvalue weighted by molar-refractivity contribution is 5.48. The van der Waals surface area contributed by atoms with Gasteiger partial charge in [-0.25, -0.2) is 0 Å². The summed E-state index contributed by atoms with van der Waals surface area (Å²) in [4.78, 5) is 10.1. The highest BCUT2D eigenvalue weighted by atomic mass is 16.6. The van der Waals surface area contributed by atoms with Crippen LogP contribution in [0.5, 0.6) is 0 Å². The van der Waals surface area contributed by atoms with Gasteiger partial charge in [-0.05, 0) is 24.3 Å². The first-order valence-corrected chi connectivity index (χ1v) is 6.08. The SMILES string of the molecule is O=[N+]([O-])c1ccc(NCC[NH2+]Cc2ccco2)cc1. The summed E-state index contributed by atoms with van der Waals surface area (Å²) < 4.78 is 5.22. The molecule has 0 amide bonds. The number of nitro groups is 1. The van der Waals surface area contributed by atoms with Crippen molar-refractivity contribution < 1.29 is 14.7 Å². The van der Waals surface area contributed by atoms with Gasteiger partial charge in [0, 0.05) is 17.8 Å². The lowest BCUT2D eigenvalue weighted by molar-refractivity contribution is -0.669. The van der Waals surface area contributed by atoms with Gasteiger partial charge in [-0.1, -0.05) is 0 Å². The van der Waals surface area contributed by atoms with Crippen molar-refractivity contribution in [1.29, 1.82) is 0 Å². The number of hydrogen-bond acceptors (Lipinski definition) is 4. The minimum Gasteiger partial charge on any atom is -0.463 e. The number of hydrogen-bond donors (Lipinski definition) is 2. The Balaban J connectivity index is 1.66. The fraction of sp³-hybridized carbons (Fsp3) is 0.231. The van der Waals surface area contributed by atoms with Crippen molar-refractivity contribution in [3.63, 3.8) is 0 Å². The third-order valence-electron chi connectivity index (χ3n) is 2.68. The number of anilines is 1. The van der Waals surface area contributed by atoms with Crippen LogP contribution in [0.4, 0.5) is 11.4 Å². The molecule has 100 valence electrons. The van der Waals surface area contributed by atoms with E-state index in [1.807, 2.05) is 12.1 Å². The lowest BCUT2D eigenvalue weighted by Gasteiger charge is -2.04. The van der Waals surface area contributed by atoms with E-state index >= 15 is 0 Å². The van der Waals surface area contributed by atoms with Gasteiger partial charge in [0.15, 0.2) is 5.76 Å². The normalized spacial score (nSPS) is 10.3. The molecule has 1 aromatic heterocycles. The maximum absolute atomic E-state index is 10.5. The highest BCUT2D eigenvalue weighted by Crippen LogP contribution is 2.14. The van der Waals surface area contributed by atoms with Crippen LogP contribution in [0, 0.1) is 10.1 Å². The molecule has 1 aromatic carbocycles. The van der Waals surface area contributed by atoms with Gasteiger partial charge in [-0.2, -0.15) is 0 Å². The molecule has 0 atom stereocenters. The van der Waals surface area contributed by atoms with Crippen LogP contribution in [-0.4, -0.2) is 18.0 Å². The summed E-state index contributed by atoms with van der Waals surface area (Å²) in [6, 6.07) is 10.2. The molecule has 0 aliphatic heterocycles. The van der Waals surface area contributed by atoms with Gasteiger partial charge < -0.3 is 15.1 Å². The molecule has 0 aliphatic rings. The molecule has 6 heteroatoms. The number of rotatable bonds is 7. The third kappa shape index (κ3) is 4.11. The van der Waals surface area contributed by atoms with Crippen molar-refractivity contribution in [2.24, 2.45) is 0 Å². The van der Waals surface area contributed by atoms with Gasteiger partial charge in [-0.15, -0.1) is 0 Å². The van der Waals surface area contributed by atoms with Gasteiger partial charge >= 0.3 is 0 Å². The van der Waals surface area contributed by atoms with E-state index in [-0.39, 0.29) is 5.69 Å². The van der Waals surface area contributed by atoms with E-state index in [0.717, 1.165) is 31.1 Å². The Hall–Kier alpha value is -2.34. The molecule has 6 nitrogen and oxygen atoms in total. The van der Waals surface area contributed by atoms with E-state index in [9.17, 15) is 10.1 Å². The van der Waals surface area contributed by atoms with Crippen LogP contribution in [0.3, 0.4) is 0 Å². The molecule has 2 aromatic rings. The van der Waals surface area contributed by atoms with Crippen LogP contribution >= 0.6 is 0 Å². The molecule has 0 unspecified atom stereocenters. The number of non-ortho nitro benzene ring substituents is 1. The summed E-state index contributed by atoms with van der Waals surface area (Å²) in [5.74, 6) is 0.954. The quantitative estimate of drug-likeness (QED) is 0.448. The Morgan fingerprint density at radius 1 is 1.26 bits per heavy atom. The van der Waals surface area contributed by atoms with Crippen molar-refractivity contribution in [2.75, 3.05) is 18.4 Å². The van der Waals surface area contributed by atoms with Gasteiger partial charge in [0.25, 0.3) is 5.69 Å². The zero-order chi connectivity index (χ0) is 13.5. The lowest BCUT2D eigenvalue weighted by atomic mass is 10.3. The second-order valence-corrected chi connectivity index (χ2v) is 4.09. The zero-order valence-corrected chi connectivity index (χ0v) is 10.4. The fourth-order valence-electron chi connectivity index (χ4n) is 1.69. The smallest absolute Gasteiger partial charge is 0.269 e. The Morgan fingerprint density at radius 2 is 2.05 bits per heavy atom. The number of nitrogens with one attached hydrogen (secondary N) is 1. The van der Waals surface area contributed by atoms with Crippen molar-refractivity contribution in [1.82, 2.24) is 0 Å². The predicted molar refractivity (Wildman–Crippen MR) is 70.8 cm³/mol. The average Bonchev–Trinajstić information content (AvgIpc) is 2.92. The van der Waals surface area contributed by atoms with E-state index in [1.165, 1.54) is 12.1 Å². The second-order valence-electron chi connectivity index (χ2n) is 4.09. The van der Waals surface area contributed by atoms with Crippen LogP contribution in [0.15, 0.2) is 47.1 Å². The molecule has 0 saturated carbocycles. The average molecular weight is 262 g/mol. The first-order valence-electron chi connectivity index (χ1n) is 6.08. The van der Waals surface area contributed by atoms with Crippen molar-refractivity contribution in [3.05, 3.63) is 58.5 Å². The molecule has 0 fully saturated rings. The van der Waals surface area contributed by atoms with E-state index < -0.39 is 4.92 Å². The number of nitrogens with two attached hydrogens (primary N) is 1. The summed E-state index contributed by atoms with van der Waals surface area (Å²) >= 11 is 0. The maximum atomic E-state index is 10.5. The van der Waals surface area contributed by atoms with Crippen molar-refractivity contribution in [3.8, 4) is 0 Å². The number of quaternary nitrogens is 1. The molecule has 0 spiro atoms. The minimum atomic E-state index is -0.402. The van der Waals surface area contributed by atoms with E-state index in [2.05, 4.69) is 10.6 Å². The molecule has 1 heterocycles. The molecule has 0 radical (unpaired) electrons. The first kappa shape index (κ1) is 13.1. The summed E-state index contributed by atoms with van der Waals surface area (Å²) in [5.41, 5.74) is 0.993. The Labute approximate surface area is 110 Å². The standard InChI is InChI=1S/C13H15N3O3/c17-16(18)12-5-3-11(4-6-12)15-8-7-14-10-13-2-1-9-19-13/h1-6,9,14-15H,7-8,10H2/p+1. The molecule has 0 bridgehead atoms. The molecular weight excluding hydrogens is 246 g/mol. The summed E-state index contributed by atoms with van der Waals surface area (Å²) in [5, 5.41) is 15.8. The van der Waals surface area contributed by atoms with Gasteiger partial charge in [0.2, 0.25) is 0 Å². The predicted octanol–water partition coefficient (Wildman–Crippen LogP) is 1.36. The second kappa shape index (κ2) is 6.55. The van der Waals surface area contributed by atoms with Crippen LogP contribution in [0.2, 0.25) is 0 Å². The molecular formula is C13H16N3O3+. The van der Waals surface area contributed by atoms with Crippen LogP contribution < -0.4 is 10.6 Å². The minimum absolute atomic E-state index is 0.106. The molecule has 0 aliphatic carbocycles. The summed E-state index contributed by atoms with van der Waals surface area (Å²) in [6.45, 7) is 2.51. The molecule has 0 saturated heterocycles. The first-order chi connectivity index (χ1) is 9.25. The molecule has 2 rings (SSSR count).